The van der Waals surface area contributed by atoms with Crippen molar-refractivity contribution in [3.63, 3.8) is 0 Å². The van der Waals surface area contributed by atoms with Gasteiger partial charge in [-0.25, -0.2) is 4.39 Å². The molecule has 0 amide bonds. The SMILES string of the molecule is Cc1cc(F)c(Br)c2c(NN)c3c(nc12)CCC3. The van der Waals surface area contributed by atoms with E-state index in [1.54, 1.807) is 0 Å². The standard InChI is InChI=1S/C13H13BrFN3/c1-6-5-8(15)11(14)10-12(6)17-9-4-2-3-7(9)13(10)18-16/h5H,2-4,16H2,1H3,(H,17,18). The van der Waals surface area contributed by atoms with Crippen molar-refractivity contribution in [2.45, 2.75) is 26.2 Å². The molecule has 0 atom stereocenters. The third-order valence-corrected chi connectivity index (χ3v) is 4.29. The summed E-state index contributed by atoms with van der Waals surface area (Å²) < 4.78 is 14.3. The second-order valence-electron chi connectivity index (χ2n) is 4.62. The lowest BCUT2D eigenvalue weighted by Gasteiger charge is -2.14. The second-order valence-corrected chi connectivity index (χ2v) is 5.42. The fourth-order valence-corrected chi connectivity index (χ4v) is 3.18. The number of benzene rings is 1. The first kappa shape index (κ1) is 11.9. The molecule has 1 aliphatic carbocycles. The van der Waals surface area contributed by atoms with Gasteiger partial charge in [-0.2, -0.15) is 0 Å². The maximum absolute atomic E-state index is 13.8. The van der Waals surface area contributed by atoms with Crippen LogP contribution in [-0.2, 0) is 12.8 Å². The van der Waals surface area contributed by atoms with E-state index in [0.717, 1.165) is 52.7 Å². The number of halogens is 2. The molecule has 1 aliphatic rings. The van der Waals surface area contributed by atoms with Crippen molar-refractivity contribution in [2.24, 2.45) is 5.84 Å². The molecule has 0 spiro atoms. The third kappa shape index (κ3) is 1.54. The maximum atomic E-state index is 13.8. The molecule has 1 heterocycles. The minimum atomic E-state index is -0.281. The van der Waals surface area contributed by atoms with Crippen LogP contribution in [0.2, 0.25) is 0 Å². The van der Waals surface area contributed by atoms with Crippen molar-refractivity contribution < 1.29 is 4.39 Å². The number of fused-ring (bicyclic) bond motifs is 2. The molecule has 0 radical (unpaired) electrons. The predicted octanol–water partition coefficient (Wildman–Crippen LogP) is 3.22. The highest BCUT2D eigenvalue weighted by Gasteiger charge is 2.22. The van der Waals surface area contributed by atoms with E-state index < -0.39 is 0 Å². The highest BCUT2D eigenvalue weighted by atomic mass is 79.9. The number of nitrogens with two attached hydrogens (primary N) is 1. The molecule has 0 fully saturated rings. The Hall–Kier alpha value is -1.20. The summed E-state index contributed by atoms with van der Waals surface area (Å²) in [5.41, 5.74) is 7.38. The second kappa shape index (κ2) is 4.17. The number of nitrogens with zero attached hydrogens (tertiary/aromatic N) is 1. The molecule has 0 saturated heterocycles. The molecular weight excluding hydrogens is 297 g/mol. The molecule has 3 rings (SSSR count). The first-order valence-electron chi connectivity index (χ1n) is 5.90. The largest absolute Gasteiger partial charge is 0.323 e. The van der Waals surface area contributed by atoms with Crippen LogP contribution in [0.15, 0.2) is 10.5 Å². The smallest absolute Gasteiger partial charge is 0.138 e. The molecule has 94 valence electrons. The first-order chi connectivity index (χ1) is 8.63. The first-order valence-corrected chi connectivity index (χ1v) is 6.69. The van der Waals surface area contributed by atoms with Gasteiger partial charge in [0.2, 0.25) is 0 Å². The van der Waals surface area contributed by atoms with Gasteiger partial charge in [-0.05, 0) is 59.3 Å². The van der Waals surface area contributed by atoms with Crippen LogP contribution in [0.4, 0.5) is 10.1 Å². The number of pyridine rings is 1. The van der Waals surface area contributed by atoms with Gasteiger partial charge in [-0.15, -0.1) is 0 Å². The number of anilines is 1. The molecule has 3 N–H and O–H groups in total. The van der Waals surface area contributed by atoms with Crippen molar-refractivity contribution in [2.75, 3.05) is 5.43 Å². The Morgan fingerprint density at radius 1 is 1.44 bits per heavy atom. The van der Waals surface area contributed by atoms with E-state index in [-0.39, 0.29) is 5.82 Å². The van der Waals surface area contributed by atoms with Gasteiger partial charge in [-0.1, -0.05) is 0 Å². The van der Waals surface area contributed by atoms with Gasteiger partial charge in [-0.3, -0.25) is 10.8 Å². The monoisotopic (exact) mass is 309 g/mol. The summed E-state index contributed by atoms with van der Waals surface area (Å²) in [6.07, 6.45) is 2.99. The molecule has 3 nitrogen and oxygen atoms in total. The summed E-state index contributed by atoms with van der Waals surface area (Å²) in [6.45, 7) is 1.87. The lowest BCUT2D eigenvalue weighted by molar-refractivity contribution is 0.622. The normalized spacial score (nSPS) is 14.0. The van der Waals surface area contributed by atoms with Crippen molar-refractivity contribution in [1.29, 1.82) is 0 Å². The Morgan fingerprint density at radius 3 is 2.94 bits per heavy atom. The molecule has 0 bridgehead atoms. The number of hydrogen-bond donors (Lipinski definition) is 2. The van der Waals surface area contributed by atoms with E-state index in [2.05, 4.69) is 26.3 Å². The Kier molecular flexibility index (Phi) is 2.75. The zero-order valence-electron chi connectivity index (χ0n) is 9.98. The average molecular weight is 310 g/mol. The molecule has 0 unspecified atom stereocenters. The Bertz CT molecular complexity index is 655. The van der Waals surface area contributed by atoms with Crippen molar-refractivity contribution in [3.05, 3.63) is 33.2 Å². The van der Waals surface area contributed by atoms with E-state index in [4.69, 9.17) is 5.84 Å². The third-order valence-electron chi connectivity index (χ3n) is 3.51. The molecule has 0 aliphatic heterocycles. The molecule has 0 saturated carbocycles. The summed E-state index contributed by atoms with van der Waals surface area (Å²) in [4.78, 5) is 4.67. The number of nitrogens with one attached hydrogen (secondary N) is 1. The van der Waals surface area contributed by atoms with Crippen LogP contribution in [0, 0.1) is 12.7 Å². The van der Waals surface area contributed by atoms with Gasteiger partial charge < -0.3 is 5.43 Å². The lowest BCUT2D eigenvalue weighted by atomic mass is 10.0. The van der Waals surface area contributed by atoms with E-state index >= 15 is 0 Å². The summed E-state index contributed by atoms with van der Waals surface area (Å²) >= 11 is 3.30. The van der Waals surface area contributed by atoms with Crippen LogP contribution in [0.25, 0.3) is 10.9 Å². The minimum absolute atomic E-state index is 0.281. The average Bonchev–Trinajstić information content (AvgIpc) is 2.81. The zero-order chi connectivity index (χ0) is 12.9. The van der Waals surface area contributed by atoms with Crippen LogP contribution in [0.3, 0.4) is 0 Å². The molecule has 18 heavy (non-hydrogen) atoms. The summed E-state index contributed by atoms with van der Waals surface area (Å²) in [5.74, 6) is 5.36. The number of rotatable bonds is 1. The molecule has 2 aromatic rings. The molecule has 5 heteroatoms. The van der Waals surface area contributed by atoms with Crippen molar-refractivity contribution >= 4 is 32.5 Å². The van der Waals surface area contributed by atoms with Gasteiger partial charge in [0.05, 0.1) is 15.7 Å². The van der Waals surface area contributed by atoms with Crippen LogP contribution in [0.5, 0.6) is 0 Å². The lowest BCUT2D eigenvalue weighted by Crippen LogP contribution is -2.11. The van der Waals surface area contributed by atoms with Crippen LogP contribution in [-0.4, -0.2) is 4.98 Å². The Balaban J connectivity index is 2.51. The van der Waals surface area contributed by atoms with Gasteiger partial charge in [0.25, 0.3) is 0 Å². The highest BCUT2D eigenvalue weighted by molar-refractivity contribution is 9.10. The van der Waals surface area contributed by atoms with Crippen LogP contribution in [0.1, 0.15) is 23.2 Å². The van der Waals surface area contributed by atoms with Crippen LogP contribution < -0.4 is 11.3 Å². The molecule has 1 aromatic carbocycles. The Morgan fingerprint density at radius 2 is 2.22 bits per heavy atom. The number of nitrogen functional groups attached to an aromatic ring is 1. The van der Waals surface area contributed by atoms with E-state index in [1.165, 1.54) is 6.07 Å². The van der Waals surface area contributed by atoms with Crippen molar-refractivity contribution in [1.82, 2.24) is 4.98 Å². The number of aromatic nitrogens is 1. The zero-order valence-corrected chi connectivity index (χ0v) is 11.6. The predicted molar refractivity (Wildman–Crippen MR) is 74.0 cm³/mol. The summed E-state index contributed by atoms with van der Waals surface area (Å²) in [6, 6.07) is 1.50. The van der Waals surface area contributed by atoms with Gasteiger partial charge in [0, 0.05) is 11.1 Å². The quantitative estimate of drug-likeness (QED) is 0.628. The summed E-state index contributed by atoms with van der Waals surface area (Å²) in [7, 11) is 0. The number of hydrogen-bond acceptors (Lipinski definition) is 3. The highest BCUT2D eigenvalue weighted by Crippen LogP contribution is 2.39. The fourth-order valence-electron chi connectivity index (χ4n) is 2.68. The van der Waals surface area contributed by atoms with Crippen LogP contribution >= 0.6 is 15.9 Å². The number of hydrazine groups is 1. The minimum Gasteiger partial charge on any atom is -0.323 e. The number of aryl methyl sites for hydroxylation is 2. The van der Waals surface area contributed by atoms with Gasteiger partial charge in [0.1, 0.15) is 5.82 Å². The topological polar surface area (TPSA) is 50.9 Å². The van der Waals surface area contributed by atoms with Gasteiger partial charge in [0.15, 0.2) is 0 Å². The van der Waals surface area contributed by atoms with E-state index in [1.807, 2.05) is 6.92 Å². The van der Waals surface area contributed by atoms with E-state index in [9.17, 15) is 4.39 Å². The van der Waals surface area contributed by atoms with E-state index in [0.29, 0.717) is 4.47 Å². The molecule has 1 aromatic heterocycles. The molecular formula is C13H13BrFN3. The Labute approximate surface area is 113 Å². The van der Waals surface area contributed by atoms with Crippen molar-refractivity contribution in [3.8, 4) is 0 Å². The van der Waals surface area contributed by atoms with Gasteiger partial charge >= 0.3 is 0 Å². The summed E-state index contributed by atoms with van der Waals surface area (Å²) in [5, 5.41) is 0.746. The maximum Gasteiger partial charge on any atom is 0.138 e. The fraction of sp³-hybridized carbons (Fsp3) is 0.308.